The van der Waals surface area contributed by atoms with E-state index < -0.39 is 22.6 Å². The molecule has 2 unspecified atom stereocenters. The number of rotatable bonds is 19. The van der Waals surface area contributed by atoms with Crippen molar-refractivity contribution in [1.29, 1.82) is 0 Å². The third kappa shape index (κ3) is 12.5. The van der Waals surface area contributed by atoms with Gasteiger partial charge in [-0.2, -0.15) is 0 Å². The number of hydrogen-bond donors (Lipinski definition) is 1. The Morgan fingerprint density at radius 2 is 1.48 bits per heavy atom. The summed E-state index contributed by atoms with van der Waals surface area (Å²) in [4.78, 5) is 17.9. The van der Waals surface area contributed by atoms with Crippen molar-refractivity contribution in [1.82, 2.24) is 4.98 Å². The average molecular weight is 871 g/mol. The van der Waals surface area contributed by atoms with Crippen molar-refractivity contribution in [2.75, 3.05) is 32.3 Å². The predicted octanol–water partition coefficient (Wildman–Crippen LogP) is 11.3. The predicted molar refractivity (Wildman–Crippen MR) is 247 cm³/mol. The van der Waals surface area contributed by atoms with E-state index in [1.165, 1.54) is 17.5 Å². The molecule has 1 aromatic heterocycles. The molecule has 0 aliphatic carbocycles. The number of benzene rings is 3. The number of halogens is 2. The number of ether oxygens (including phenoxy) is 3. The van der Waals surface area contributed by atoms with Gasteiger partial charge < -0.3 is 28.0 Å². The number of aromatic nitrogens is 1. The number of para-hydroxylation sites is 1. The van der Waals surface area contributed by atoms with Gasteiger partial charge >= 0.3 is 5.97 Å². The summed E-state index contributed by atoms with van der Waals surface area (Å²) in [7, 11) is -3.31. The lowest BCUT2D eigenvalue weighted by Crippen LogP contribution is -2.67. The van der Waals surface area contributed by atoms with Crippen LogP contribution in [0.5, 0.6) is 0 Å². The van der Waals surface area contributed by atoms with Crippen LogP contribution in [0.4, 0.5) is 0 Å². The summed E-state index contributed by atoms with van der Waals surface area (Å²) in [5.74, 6) is -0.804. The van der Waals surface area contributed by atoms with Gasteiger partial charge in [-0.3, -0.25) is 4.79 Å². The molecule has 7 nitrogen and oxygen atoms in total. The summed E-state index contributed by atoms with van der Waals surface area (Å²) in [6, 6.07) is 30.0. The number of carbonyl (C=O) groups is 1. The quantitative estimate of drug-likeness (QED) is 0.0574. The van der Waals surface area contributed by atoms with Gasteiger partial charge in [0, 0.05) is 29.8 Å². The lowest BCUT2D eigenvalue weighted by Gasteiger charge is -2.45. The smallest absolute Gasteiger partial charge is 0.314 e. The highest BCUT2D eigenvalue weighted by Gasteiger charge is 2.51. The Balaban J connectivity index is 0.00000240. The number of aromatic amines is 1. The molecule has 1 aliphatic heterocycles. The van der Waals surface area contributed by atoms with Gasteiger partial charge in [-0.05, 0) is 104 Å². The molecule has 0 saturated carbocycles. The fourth-order valence-electron chi connectivity index (χ4n) is 8.85. The van der Waals surface area contributed by atoms with E-state index in [-0.39, 0.29) is 34.2 Å². The number of nitrogens with one attached hydrogen (secondary N) is 1. The summed E-state index contributed by atoms with van der Waals surface area (Å²) in [6.07, 6.45) is 6.66. The lowest BCUT2D eigenvalue weighted by atomic mass is 9.81. The lowest BCUT2D eigenvalue weighted by molar-refractivity contribution is -0.161. The highest BCUT2D eigenvalue weighted by atomic mass is 35.5. The number of carbonyl (C=O) groups excluding carboxylic acids is 1. The Hall–Kier alpha value is -2.48. The Morgan fingerprint density at radius 1 is 0.897 bits per heavy atom. The summed E-state index contributed by atoms with van der Waals surface area (Å²) in [6.45, 7) is 20.0. The van der Waals surface area contributed by atoms with Gasteiger partial charge in [0.15, 0.2) is 14.6 Å². The molecule has 0 spiro atoms. The zero-order valence-electron chi connectivity index (χ0n) is 36.5. The van der Waals surface area contributed by atoms with E-state index in [4.69, 9.17) is 46.3 Å². The van der Waals surface area contributed by atoms with Crippen LogP contribution in [0.3, 0.4) is 0 Å². The summed E-state index contributed by atoms with van der Waals surface area (Å²) in [5.41, 5.74) is 2.67. The number of methoxy groups -OCH3 is 1. The van der Waals surface area contributed by atoms with E-state index in [0.29, 0.717) is 26.1 Å². The molecule has 1 fully saturated rings. The van der Waals surface area contributed by atoms with Crippen LogP contribution in [0.1, 0.15) is 96.7 Å². The highest BCUT2D eigenvalue weighted by molar-refractivity contribution is 6.99. The standard InChI is InChI=1S/C46H67NO6Si2.CH2Cl2/c1-10-46(11-2,53-54(7,8)9)33-35(34-52-55(45(3,4)5,36-22-14-12-15-23-36)37-24-16-13-17-25-37)32-40(44(48)49-6)43-39(38-26-18-19-27-41(38)47-43)29-31-51-42-28-20-21-30-50-42;2-1-3/h12-19,22-27,35,40,42,47H,10-11,20-21,28-34H2,1-9H3;1H2/t35-,40?,42?;/m1./s1. The van der Waals surface area contributed by atoms with Crippen LogP contribution in [0.25, 0.3) is 10.9 Å². The van der Waals surface area contributed by atoms with Crippen LogP contribution in [0.2, 0.25) is 24.7 Å². The molecule has 4 aromatic rings. The summed E-state index contributed by atoms with van der Waals surface area (Å²) < 4.78 is 32.6. The normalized spacial score (nSPS) is 16.4. The Morgan fingerprint density at radius 3 is 2.00 bits per heavy atom. The van der Waals surface area contributed by atoms with Crippen molar-refractivity contribution < 1.29 is 27.9 Å². The van der Waals surface area contributed by atoms with Crippen molar-refractivity contribution in [3.05, 3.63) is 96.2 Å². The first-order chi connectivity index (χ1) is 27.7. The zero-order valence-corrected chi connectivity index (χ0v) is 40.0. The van der Waals surface area contributed by atoms with E-state index in [1.807, 2.05) is 6.07 Å². The topological polar surface area (TPSA) is 79.0 Å². The Labute approximate surface area is 361 Å². The fourth-order valence-corrected chi connectivity index (χ4v) is 15.2. The summed E-state index contributed by atoms with van der Waals surface area (Å²) >= 11 is 9.53. The van der Waals surface area contributed by atoms with Crippen LogP contribution in [-0.2, 0) is 34.3 Å². The van der Waals surface area contributed by atoms with Gasteiger partial charge in [0.25, 0.3) is 8.32 Å². The molecule has 11 heteroatoms. The molecule has 1 N–H and O–H groups in total. The van der Waals surface area contributed by atoms with Gasteiger partial charge in [-0.25, -0.2) is 0 Å². The fraction of sp³-hybridized carbons (Fsp3) is 0.553. The number of esters is 1. The average Bonchev–Trinajstić information content (AvgIpc) is 3.57. The zero-order chi connectivity index (χ0) is 42.4. The molecule has 3 atom stereocenters. The van der Waals surface area contributed by atoms with E-state index in [9.17, 15) is 4.79 Å². The number of H-pyrrole nitrogens is 1. The van der Waals surface area contributed by atoms with Crippen LogP contribution in [0, 0.1) is 5.92 Å². The molecular weight excluding hydrogens is 802 g/mol. The van der Waals surface area contributed by atoms with Crippen LogP contribution < -0.4 is 10.4 Å². The van der Waals surface area contributed by atoms with E-state index >= 15 is 0 Å². The second-order valence-corrected chi connectivity index (χ2v) is 27.1. The van der Waals surface area contributed by atoms with Gasteiger partial charge in [-0.15, -0.1) is 23.2 Å². The molecule has 1 saturated heterocycles. The third-order valence-corrected chi connectivity index (χ3v) is 17.5. The Kier molecular flexibility index (Phi) is 18.6. The summed E-state index contributed by atoms with van der Waals surface area (Å²) in [5, 5.41) is 3.61. The van der Waals surface area contributed by atoms with Gasteiger partial charge in [-0.1, -0.05) is 113 Å². The van der Waals surface area contributed by atoms with Crippen molar-refractivity contribution in [2.45, 2.75) is 128 Å². The SMILES string of the molecule is CCC(CC)(C[C@H](CO[Si](c1ccccc1)(c1ccccc1)C(C)(C)C)CC(C(=O)OC)c1[nH]c2ccccc2c1CCOC1CCCCO1)O[Si](C)(C)C.ClCCl. The Bertz CT molecular complexity index is 1760. The molecule has 1 aliphatic rings. The third-order valence-electron chi connectivity index (χ3n) is 11.5. The van der Waals surface area contributed by atoms with Crippen molar-refractivity contribution in [3.8, 4) is 0 Å². The molecule has 2 heterocycles. The van der Waals surface area contributed by atoms with Gasteiger partial charge in [0.2, 0.25) is 0 Å². The van der Waals surface area contributed by atoms with Crippen LogP contribution in [-0.4, -0.2) is 71.7 Å². The first kappa shape index (κ1) is 48.2. The van der Waals surface area contributed by atoms with Gasteiger partial charge in [0.1, 0.15) is 0 Å². The second-order valence-electron chi connectivity index (χ2n) is 17.5. The maximum Gasteiger partial charge on any atom is 0.314 e. The number of hydrogen-bond acceptors (Lipinski definition) is 6. The van der Waals surface area contributed by atoms with Crippen molar-refractivity contribution in [3.63, 3.8) is 0 Å². The largest absolute Gasteiger partial charge is 0.469 e. The first-order valence-electron chi connectivity index (χ1n) is 21.1. The van der Waals surface area contributed by atoms with Gasteiger partial charge in [0.05, 0.1) is 30.6 Å². The van der Waals surface area contributed by atoms with Crippen LogP contribution >= 0.6 is 23.2 Å². The second kappa shape index (κ2) is 22.4. The molecule has 320 valence electrons. The molecule has 3 aromatic carbocycles. The van der Waals surface area contributed by atoms with Crippen LogP contribution in [0.15, 0.2) is 84.9 Å². The van der Waals surface area contributed by atoms with E-state index in [0.717, 1.165) is 67.3 Å². The molecular formula is C47H69Cl2NO6Si2. The van der Waals surface area contributed by atoms with Crippen molar-refractivity contribution >= 4 is 67.1 Å². The number of alkyl halides is 2. The maximum atomic E-state index is 14.2. The molecule has 0 bridgehead atoms. The minimum Gasteiger partial charge on any atom is -0.469 e. The molecule has 5 rings (SSSR count). The monoisotopic (exact) mass is 869 g/mol. The molecule has 0 amide bonds. The van der Waals surface area contributed by atoms with E-state index in [1.54, 1.807) is 0 Å². The van der Waals surface area contributed by atoms with Crippen molar-refractivity contribution in [2.24, 2.45) is 5.92 Å². The minimum absolute atomic E-state index is 0.0202. The highest BCUT2D eigenvalue weighted by Crippen LogP contribution is 2.41. The first-order valence-corrected chi connectivity index (χ1v) is 27.5. The number of fused-ring (bicyclic) bond motifs is 1. The van der Waals surface area contributed by atoms with E-state index in [2.05, 4.69) is 138 Å². The molecule has 0 radical (unpaired) electrons. The molecule has 58 heavy (non-hydrogen) atoms. The minimum atomic E-state index is -2.88. The maximum absolute atomic E-state index is 14.2.